The maximum absolute atomic E-state index is 12.1. The van der Waals surface area contributed by atoms with Crippen molar-refractivity contribution in [3.63, 3.8) is 0 Å². The summed E-state index contributed by atoms with van der Waals surface area (Å²) in [5.74, 6) is -1.39. The van der Waals surface area contributed by atoms with E-state index in [1.54, 1.807) is 0 Å². The number of rotatable bonds is 3. The van der Waals surface area contributed by atoms with E-state index in [1.165, 1.54) is 42.5 Å². The fourth-order valence-electron chi connectivity index (χ4n) is 2.12. The van der Waals surface area contributed by atoms with Gasteiger partial charge < -0.3 is 14.9 Å². The van der Waals surface area contributed by atoms with Gasteiger partial charge in [0.1, 0.15) is 16.9 Å². The highest BCUT2D eigenvalue weighted by Crippen LogP contribution is 2.25. The zero-order chi connectivity index (χ0) is 18.1. The summed E-state index contributed by atoms with van der Waals surface area (Å²) in [6, 6.07) is 10.0. The van der Waals surface area contributed by atoms with Gasteiger partial charge in [0.2, 0.25) is 0 Å². The zero-order valence-corrected chi connectivity index (χ0v) is 13.9. The van der Waals surface area contributed by atoms with Gasteiger partial charge in [-0.25, -0.2) is 9.59 Å². The first-order valence-corrected chi connectivity index (χ1v) is 7.65. The van der Waals surface area contributed by atoms with Crippen molar-refractivity contribution in [3.05, 3.63) is 74.1 Å². The summed E-state index contributed by atoms with van der Waals surface area (Å²) in [4.78, 5) is 35.0. The van der Waals surface area contributed by atoms with Gasteiger partial charge in [-0.2, -0.15) is 0 Å². The van der Waals surface area contributed by atoms with Gasteiger partial charge >= 0.3 is 11.6 Å². The zero-order valence-electron chi connectivity index (χ0n) is 12.4. The molecule has 0 spiro atoms. The summed E-state index contributed by atoms with van der Waals surface area (Å²) in [6.07, 6.45) is 0. The minimum absolute atomic E-state index is 0.148. The smallest absolute Gasteiger partial charge is 0.349 e. The van der Waals surface area contributed by atoms with Crippen LogP contribution in [0, 0.1) is 0 Å². The van der Waals surface area contributed by atoms with Crippen molar-refractivity contribution in [3.8, 4) is 5.75 Å². The summed E-state index contributed by atoms with van der Waals surface area (Å²) >= 11 is 11.7. The number of carbonyl (C=O) groups is 2. The number of primary amides is 1. The first-order valence-electron chi connectivity index (χ1n) is 6.90. The molecule has 2 aromatic carbocycles. The highest BCUT2D eigenvalue weighted by Gasteiger charge is 2.14. The SMILES string of the molecule is NC(=O)c1cc2ccc(OC(=O)c3ccc(Cl)c(Cl)c3)cc2oc1=O. The van der Waals surface area contributed by atoms with E-state index in [9.17, 15) is 14.4 Å². The molecule has 25 heavy (non-hydrogen) atoms. The summed E-state index contributed by atoms with van der Waals surface area (Å²) in [6.45, 7) is 0. The third-order valence-corrected chi connectivity index (χ3v) is 4.08. The number of hydrogen-bond donors (Lipinski definition) is 1. The molecule has 8 heteroatoms. The summed E-state index contributed by atoms with van der Waals surface area (Å²) in [7, 11) is 0. The lowest BCUT2D eigenvalue weighted by Gasteiger charge is -2.06. The summed E-state index contributed by atoms with van der Waals surface area (Å²) in [5, 5.41) is 0.998. The summed E-state index contributed by atoms with van der Waals surface area (Å²) in [5.41, 5.74) is 4.33. The lowest BCUT2D eigenvalue weighted by molar-refractivity contribution is 0.0734. The molecule has 1 amide bonds. The highest BCUT2D eigenvalue weighted by molar-refractivity contribution is 6.42. The fraction of sp³-hybridized carbons (Fsp3) is 0. The van der Waals surface area contributed by atoms with Crippen LogP contribution in [0.25, 0.3) is 11.0 Å². The number of nitrogens with two attached hydrogens (primary N) is 1. The molecule has 0 aliphatic rings. The average Bonchev–Trinajstić information content (AvgIpc) is 2.56. The van der Waals surface area contributed by atoms with Crippen molar-refractivity contribution < 1.29 is 18.7 Å². The monoisotopic (exact) mass is 377 g/mol. The Morgan fingerprint density at radius 1 is 1.00 bits per heavy atom. The van der Waals surface area contributed by atoms with Crippen LogP contribution in [0.3, 0.4) is 0 Å². The van der Waals surface area contributed by atoms with E-state index in [0.717, 1.165) is 0 Å². The van der Waals surface area contributed by atoms with Gasteiger partial charge in [-0.3, -0.25) is 4.79 Å². The van der Waals surface area contributed by atoms with Gasteiger partial charge in [-0.15, -0.1) is 0 Å². The van der Waals surface area contributed by atoms with Gasteiger partial charge in [-0.05, 0) is 36.4 Å². The van der Waals surface area contributed by atoms with E-state index >= 15 is 0 Å². The lowest BCUT2D eigenvalue weighted by Crippen LogP contribution is -2.20. The van der Waals surface area contributed by atoms with E-state index in [1.807, 2.05) is 0 Å². The first kappa shape index (κ1) is 17.0. The molecule has 1 aromatic heterocycles. The molecule has 0 saturated carbocycles. The van der Waals surface area contributed by atoms with Gasteiger partial charge in [0.05, 0.1) is 15.6 Å². The maximum atomic E-state index is 12.1. The molecule has 6 nitrogen and oxygen atoms in total. The number of hydrogen-bond acceptors (Lipinski definition) is 5. The van der Waals surface area contributed by atoms with Crippen molar-refractivity contribution in [2.75, 3.05) is 0 Å². The Kier molecular flexibility index (Phi) is 4.48. The molecule has 0 radical (unpaired) electrons. The predicted molar refractivity (Wildman–Crippen MR) is 92.4 cm³/mol. The van der Waals surface area contributed by atoms with E-state index in [2.05, 4.69) is 0 Å². The van der Waals surface area contributed by atoms with Crippen LogP contribution in [0.5, 0.6) is 5.75 Å². The maximum Gasteiger partial charge on any atom is 0.349 e. The van der Waals surface area contributed by atoms with Gasteiger partial charge in [0.15, 0.2) is 0 Å². The number of amides is 1. The lowest BCUT2D eigenvalue weighted by atomic mass is 10.1. The third kappa shape index (κ3) is 3.50. The standard InChI is InChI=1S/C17H9Cl2NO5/c18-12-4-2-9(6-13(12)19)16(22)24-10-3-1-8-5-11(15(20)21)17(23)25-14(8)7-10/h1-7H,(H2,20,21). The number of halogens is 2. The molecule has 0 saturated heterocycles. The molecule has 0 atom stereocenters. The third-order valence-electron chi connectivity index (χ3n) is 3.34. The van der Waals surface area contributed by atoms with Crippen molar-refractivity contribution in [2.45, 2.75) is 0 Å². The van der Waals surface area contributed by atoms with E-state index in [0.29, 0.717) is 10.4 Å². The fourth-order valence-corrected chi connectivity index (χ4v) is 2.41. The minimum atomic E-state index is -0.884. The van der Waals surface area contributed by atoms with Crippen LogP contribution in [-0.2, 0) is 0 Å². The number of benzene rings is 2. The molecular weight excluding hydrogens is 369 g/mol. The van der Waals surface area contributed by atoms with Crippen molar-refractivity contribution in [1.29, 1.82) is 0 Å². The number of fused-ring (bicyclic) bond motifs is 1. The topological polar surface area (TPSA) is 99.6 Å². The normalized spacial score (nSPS) is 10.6. The second kappa shape index (κ2) is 6.58. The largest absolute Gasteiger partial charge is 0.423 e. The van der Waals surface area contributed by atoms with Crippen LogP contribution >= 0.6 is 23.2 Å². The molecule has 0 bridgehead atoms. The van der Waals surface area contributed by atoms with Gasteiger partial charge in [0, 0.05) is 11.5 Å². The number of carbonyl (C=O) groups excluding carboxylic acids is 2. The molecule has 126 valence electrons. The molecule has 0 aliphatic heterocycles. The van der Waals surface area contributed by atoms with Crippen LogP contribution in [0.15, 0.2) is 51.7 Å². The molecule has 1 heterocycles. The van der Waals surface area contributed by atoms with Crippen LogP contribution in [-0.4, -0.2) is 11.9 Å². The van der Waals surface area contributed by atoms with Crippen molar-refractivity contribution >= 4 is 46.0 Å². The Balaban J connectivity index is 1.92. The van der Waals surface area contributed by atoms with Crippen LogP contribution < -0.4 is 16.1 Å². The van der Waals surface area contributed by atoms with Crippen LogP contribution in [0.1, 0.15) is 20.7 Å². The van der Waals surface area contributed by atoms with Gasteiger partial charge in [0.25, 0.3) is 5.91 Å². The molecule has 3 aromatic rings. The summed E-state index contributed by atoms with van der Waals surface area (Å²) < 4.78 is 10.3. The van der Waals surface area contributed by atoms with E-state index < -0.39 is 17.5 Å². The van der Waals surface area contributed by atoms with Crippen LogP contribution in [0.2, 0.25) is 10.0 Å². The predicted octanol–water partition coefficient (Wildman–Crippen LogP) is 3.42. The molecule has 3 rings (SSSR count). The highest BCUT2D eigenvalue weighted by atomic mass is 35.5. The Bertz CT molecular complexity index is 1070. The van der Waals surface area contributed by atoms with Crippen LogP contribution in [0.4, 0.5) is 0 Å². The number of esters is 1. The second-order valence-electron chi connectivity index (χ2n) is 5.03. The Morgan fingerprint density at radius 2 is 1.76 bits per heavy atom. The van der Waals surface area contributed by atoms with E-state index in [4.69, 9.17) is 38.1 Å². The Morgan fingerprint density at radius 3 is 2.44 bits per heavy atom. The molecule has 0 unspecified atom stereocenters. The Labute approximate surface area is 150 Å². The van der Waals surface area contributed by atoms with Crippen molar-refractivity contribution in [2.24, 2.45) is 5.73 Å². The average molecular weight is 378 g/mol. The minimum Gasteiger partial charge on any atom is -0.423 e. The van der Waals surface area contributed by atoms with Crippen molar-refractivity contribution in [1.82, 2.24) is 0 Å². The van der Waals surface area contributed by atoms with E-state index in [-0.39, 0.29) is 27.5 Å². The molecule has 0 aliphatic carbocycles. The Hall–Kier alpha value is -2.83. The molecule has 0 fully saturated rings. The first-order chi connectivity index (χ1) is 11.8. The number of ether oxygens (including phenoxy) is 1. The van der Waals surface area contributed by atoms with Gasteiger partial charge in [-0.1, -0.05) is 23.2 Å². The molecular formula is C17H9Cl2NO5. The molecule has 2 N–H and O–H groups in total. The second-order valence-corrected chi connectivity index (χ2v) is 5.84. The quantitative estimate of drug-likeness (QED) is 0.428.